The van der Waals surface area contributed by atoms with Crippen LogP contribution < -0.4 is 10.5 Å². The zero-order valence-corrected chi connectivity index (χ0v) is 19.1. The van der Waals surface area contributed by atoms with Crippen molar-refractivity contribution in [2.24, 2.45) is 0 Å². The molecule has 4 aromatic rings. The number of halogens is 2. The minimum atomic E-state index is 0.172. The summed E-state index contributed by atoms with van der Waals surface area (Å²) in [5, 5.41) is 1.06. The van der Waals surface area contributed by atoms with E-state index in [0.717, 1.165) is 35.4 Å². The summed E-state index contributed by atoms with van der Waals surface area (Å²) in [6, 6.07) is 19.0. The zero-order chi connectivity index (χ0) is 22.5. The fraction of sp³-hybridized carbons (Fsp3) is 0.160. The summed E-state index contributed by atoms with van der Waals surface area (Å²) < 4.78 is 5.87. The Kier molecular flexibility index (Phi) is 6.88. The molecule has 2 N–H and O–H groups in total. The van der Waals surface area contributed by atoms with Gasteiger partial charge in [0.2, 0.25) is 5.95 Å². The number of aromatic nitrogens is 3. The fourth-order valence-corrected chi connectivity index (χ4v) is 3.76. The molecule has 0 unspecified atom stereocenters. The molecule has 0 aliphatic carbocycles. The maximum Gasteiger partial charge on any atom is 0.221 e. The van der Waals surface area contributed by atoms with E-state index >= 15 is 0 Å². The predicted octanol–water partition coefficient (Wildman–Crippen LogP) is 6.28. The normalized spacial score (nSPS) is 10.8. The molecule has 0 saturated carbocycles. The Hall–Kier alpha value is -3.15. The monoisotopic (exact) mass is 464 g/mol. The van der Waals surface area contributed by atoms with E-state index in [4.69, 9.17) is 33.7 Å². The summed E-state index contributed by atoms with van der Waals surface area (Å²) in [6.45, 7) is 2.67. The zero-order valence-electron chi connectivity index (χ0n) is 17.6. The Morgan fingerprint density at radius 2 is 1.69 bits per heavy atom. The van der Waals surface area contributed by atoms with Crippen molar-refractivity contribution in [3.05, 3.63) is 88.2 Å². The minimum absolute atomic E-state index is 0.172. The van der Waals surface area contributed by atoms with Gasteiger partial charge in [-0.1, -0.05) is 36.2 Å². The molecule has 2 aromatic heterocycles. The van der Waals surface area contributed by atoms with Crippen LogP contribution in [0.25, 0.3) is 22.5 Å². The lowest BCUT2D eigenvalue weighted by molar-refractivity contribution is 0.320. The number of pyridine rings is 1. The van der Waals surface area contributed by atoms with Gasteiger partial charge in [0, 0.05) is 34.5 Å². The summed E-state index contributed by atoms with van der Waals surface area (Å²) in [5.74, 6) is 0.951. The first-order valence-electron chi connectivity index (χ1n) is 10.3. The molecular formula is C25H22Cl2N4O. The lowest BCUT2D eigenvalue weighted by Gasteiger charge is -2.10. The lowest BCUT2D eigenvalue weighted by Crippen LogP contribution is -2.03. The van der Waals surface area contributed by atoms with Crippen LogP contribution >= 0.6 is 23.2 Å². The van der Waals surface area contributed by atoms with Crippen molar-refractivity contribution < 1.29 is 4.74 Å². The maximum atomic E-state index is 6.34. The van der Waals surface area contributed by atoms with E-state index in [2.05, 4.69) is 34.0 Å². The molecular weight excluding hydrogens is 443 g/mol. The highest BCUT2D eigenvalue weighted by Crippen LogP contribution is 2.32. The van der Waals surface area contributed by atoms with E-state index in [0.29, 0.717) is 28.0 Å². The third kappa shape index (κ3) is 5.36. The first kappa shape index (κ1) is 22.1. The topological polar surface area (TPSA) is 73.9 Å². The van der Waals surface area contributed by atoms with Gasteiger partial charge in [0.05, 0.1) is 23.0 Å². The van der Waals surface area contributed by atoms with Crippen molar-refractivity contribution in [1.29, 1.82) is 0 Å². The van der Waals surface area contributed by atoms with Crippen molar-refractivity contribution in [2.45, 2.75) is 19.8 Å². The van der Waals surface area contributed by atoms with E-state index in [9.17, 15) is 0 Å². The van der Waals surface area contributed by atoms with E-state index in [1.54, 1.807) is 12.1 Å². The van der Waals surface area contributed by atoms with Gasteiger partial charge in [0.1, 0.15) is 5.75 Å². The van der Waals surface area contributed by atoms with Gasteiger partial charge >= 0.3 is 0 Å². The van der Waals surface area contributed by atoms with Crippen LogP contribution in [0.3, 0.4) is 0 Å². The van der Waals surface area contributed by atoms with Crippen molar-refractivity contribution in [3.8, 4) is 28.3 Å². The molecule has 7 heteroatoms. The Morgan fingerprint density at radius 1 is 0.906 bits per heavy atom. The van der Waals surface area contributed by atoms with Crippen molar-refractivity contribution in [1.82, 2.24) is 15.0 Å². The quantitative estimate of drug-likeness (QED) is 0.348. The Labute approximate surface area is 197 Å². The van der Waals surface area contributed by atoms with Gasteiger partial charge in [-0.15, -0.1) is 0 Å². The van der Waals surface area contributed by atoms with E-state index < -0.39 is 0 Å². The summed E-state index contributed by atoms with van der Waals surface area (Å²) in [5.41, 5.74) is 11.2. The van der Waals surface area contributed by atoms with E-state index in [1.165, 1.54) is 5.56 Å². The third-order valence-corrected chi connectivity index (χ3v) is 5.57. The van der Waals surface area contributed by atoms with Gasteiger partial charge in [-0.05, 0) is 66.6 Å². The molecule has 2 aromatic carbocycles. The molecule has 0 aliphatic heterocycles. The molecule has 0 radical (unpaired) electrons. The summed E-state index contributed by atoms with van der Waals surface area (Å²) in [4.78, 5) is 13.2. The van der Waals surface area contributed by atoms with Gasteiger partial charge in [-0.3, -0.25) is 4.98 Å². The molecule has 0 saturated heterocycles. The summed E-state index contributed by atoms with van der Waals surface area (Å²) >= 11 is 12.3. The highest BCUT2D eigenvalue weighted by atomic mass is 35.5. The van der Waals surface area contributed by atoms with Crippen molar-refractivity contribution >= 4 is 29.2 Å². The summed E-state index contributed by atoms with van der Waals surface area (Å²) in [6.07, 6.45) is 3.66. The number of nitrogen functional groups attached to an aromatic ring is 1. The van der Waals surface area contributed by atoms with E-state index in [-0.39, 0.29) is 5.95 Å². The third-order valence-electron chi connectivity index (χ3n) is 5.02. The van der Waals surface area contributed by atoms with Crippen LogP contribution in [0.1, 0.15) is 18.2 Å². The maximum absolute atomic E-state index is 6.34. The van der Waals surface area contributed by atoms with Crippen LogP contribution in [0.5, 0.6) is 5.75 Å². The highest BCUT2D eigenvalue weighted by molar-refractivity contribution is 6.36. The second kappa shape index (κ2) is 9.98. The van der Waals surface area contributed by atoms with Gasteiger partial charge < -0.3 is 10.5 Å². The smallest absolute Gasteiger partial charge is 0.221 e. The molecule has 0 atom stereocenters. The summed E-state index contributed by atoms with van der Waals surface area (Å²) in [7, 11) is 0. The second-order valence-electron chi connectivity index (χ2n) is 7.25. The first-order valence-corrected chi connectivity index (χ1v) is 11.0. The fourth-order valence-electron chi connectivity index (χ4n) is 3.26. The average molecular weight is 465 g/mol. The molecule has 0 fully saturated rings. The Balaban J connectivity index is 1.45. The first-order chi connectivity index (χ1) is 15.5. The Morgan fingerprint density at radius 3 is 2.38 bits per heavy atom. The average Bonchev–Trinajstić information content (AvgIpc) is 2.79. The number of nitrogens with zero attached hydrogens (tertiary/aromatic N) is 3. The number of ether oxygens (including phenoxy) is 1. The van der Waals surface area contributed by atoms with Gasteiger partial charge in [0.15, 0.2) is 0 Å². The number of benzene rings is 2. The standard InChI is InChI=1S/C25H22Cl2N4O/c1-2-16-3-7-19(29-15-16)11-12-32-20-8-4-17(5-9-20)23-14-24(31-25(28)30-23)21-10-6-18(26)13-22(21)27/h3-10,13-15H,2,11-12H2,1H3,(H2,28,30,31). The molecule has 0 spiro atoms. The van der Waals surface area contributed by atoms with Crippen LogP contribution in [0.15, 0.2) is 66.9 Å². The number of rotatable bonds is 7. The SMILES string of the molecule is CCc1ccc(CCOc2ccc(-c3cc(-c4ccc(Cl)cc4Cl)nc(N)n3)cc2)nc1. The van der Waals surface area contributed by atoms with Crippen LogP contribution in [0.2, 0.25) is 10.0 Å². The molecule has 0 amide bonds. The van der Waals surface area contributed by atoms with Gasteiger partial charge in [-0.2, -0.15) is 0 Å². The number of aryl methyl sites for hydroxylation is 1. The number of anilines is 1. The van der Waals surface area contributed by atoms with Crippen LogP contribution in [0, 0.1) is 0 Å². The lowest BCUT2D eigenvalue weighted by atomic mass is 10.1. The van der Waals surface area contributed by atoms with Crippen molar-refractivity contribution in [2.75, 3.05) is 12.3 Å². The minimum Gasteiger partial charge on any atom is -0.493 e. The number of nitrogens with two attached hydrogens (primary N) is 1. The predicted molar refractivity (Wildman–Crippen MR) is 130 cm³/mol. The van der Waals surface area contributed by atoms with Crippen LogP contribution in [-0.2, 0) is 12.8 Å². The van der Waals surface area contributed by atoms with Gasteiger partial charge in [0.25, 0.3) is 0 Å². The van der Waals surface area contributed by atoms with Crippen molar-refractivity contribution in [3.63, 3.8) is 0 Å². The van der Waals surface area contributed by atoms with Gasteiger partial charge in [-0.25, -0.2) is 9.97 Å². The number of hydrogen-bond acceptors (Lipinski definition) is 5. The molecule has 162 valence electrons. The van der Waals surface area contributed by atoms with E-state index in [1.807, 2.05) is 42.6 Å². The number of hydrogen-bond donors (Lipinski definition) is 1. The largest absolute Gasteiger partial charge is 0.493 e. The second-order valence-corrected chi connectivity index (χ2v) is 8.10. The highest BCUT2D eigenvalue weighted by Gasteiger charge is 2.11. The molecule has 0 aliphatic rings. The van der Waals surface area contributed by atoms with Crippen LogP contribution in [-0.4, -0.2) is 21.6 Å². The molecule has 0 bridgehead atoms. The molecule has 4 rings (SSSR count). The molecule has 32 heavy (non-hydrogen) atoms. The Bertz CT molecular complexity index is 1210. The van der Waals surface area contributed by atoms with Crippen LogP contribution in [0.4, 0.5) is 5.95 Å². The molecule has 2 heterocycles. The molecule has 5 nitrogen and oxygen atoms in total.